The number of hydrogen-bond donors (Lipinski definition) is 3. The summed E-state index contributed by atoms with van der Waals surface area (Å²) in [4.78, 5) is 0. The number of rotatable bonds is 6. The first kappa shape index (κ1) is 31.5. The number of benzene rings is 3. The highest BCUT2D eigenvalue weighted by Crippen LogP contribution is 2.19. The van der Waals surface area contributed by atoms with Gasteiger partial charge in [0.2, 0.25) is 0 Å². The molecule has 0 heterocycles. The summed E-state index contributed by atoms with van der Waals surface area (Å²) < 4.78 is 0. The maximum absolute atomic E-state index is 7.12. The molecule has 0 amide bonds. The van der Waals surface area contributed by atoms with Crippen molar-refractivity contribution in [2.24, 2.45) is 5.73 Å². The van der Waals surface area contributed by atoms with Gasteiger partial charge in [-0.1, -0.05) is 109 Å². The van der Waals surface area contributed by atoms with E-state index in [1.807, 2.05) is 13.8 Å². The van der Waals surface area contributed by atoms with E-state index in [1.165, 1.54) is 33.4 Å². The molecule has 3 heteroatoms. The first-order valence-electron chi connectivity index (χ1n) is 12.3. The summed E-state index contributed by atoms with van der Waals surface area (Å²) in [5, 5.41) is 14.2. The summed E-state index contributed by atoms with van der Waals surface area (Å²) in [6, 6.07) is 26.0. The summed E-state index contributed by atoms with van der Waals surface area (Å²) in [5.74, 6) is 0. The van der Waals surface area contributed by atoms with Gasteiger partial charge in [0.1, 0.15) is 6.79 Å². The highest BCUT2D eigenvalue weighted by atomic mass is 16.5. The molecule has 3 aromatic carbocycles. The maximum Gasteiger partial charge on any atom is 0.140 e. The van der Waals surface area contributed by atoms with Crippen molar-refractivity contribution in [2.45, 2.75) is 79.7 Å². The third-order valence-corrected chi connectivity index (χ3v) is 5.43. The Labute approximate surface area is 208 Å². The van der Waals surface area contributed by atoms with Crippen molar-refractivity contribution < 1.29 is 10.2 Å². The summed E-state index contributed by atoms with van der Waals surface area (Å²) in [6.45, 7) is 13.9. The van der Waals surface area contributed by atoms with Crippen molar-refractivity contribution in [1.82, 2.24) is 0 Å². The van der Waals surface area contributed by atoms with Crippen molar-refractivity contribution >= 4 is 0 Å². The van der Waals surface area contributed by atoms with Crippen molar-refractivity contribution in [3.05, 3.63) is 106 Å². The van der Waals surface area contributed by atoms with E-state index in [1.54, 1.807) is 0 Å². The van der Waals surface area contributed by atoms with E-state index in [0.29, 0.717) is 0 Å². The lowest BCUT2D eigenvalue weighted by atomic mass is 9.88. The van der Waals surface area contributed by atoms with Gasteiger partial charge >= 0.3 is 0 Å². The molecule has 0 saturated carbocycles. The van der Waals surface area contributed by atoms with Gasteiger partial charge in [-0.25, -0.2) is 0 Å². The molecule has 0 bridgehead atoms. The van der Waals surface area contributed by atoms with Crippen molar-refractivity contribution in [1.29, 1.82) is 0 Å². The molecule has 0 saturated heterocycles. The molecule has 3 rings (SSSR count). The van der Waals surface area contributed by atoms with Crippen LogP contribution in [-0.4, -0.2) is 22.5 Å². The Bertz CT molecular complexity index is 794. The van der Waals surface area contributed by atoms with Crippen LogP contribution in [0.2, 0.25) is 0 Å². The number of nitrogens with two attached hydrogens (primary N) is 1. The monoisotopic (exact) mass is 465 g/mol. The van der Waals surface area contributed by atoms with Crippen LogP contribution in [0.4, 0.5) is 0 Å². The first-order chi connectivity index (χ1) is 16.1. The first-order valence-corrected chi connectivity index (χ1v) is 12.3. The van der Waals surface area contributed by atoms with Crippen molar-refractivity contribution in [3.63, 3.8) is 0 Å². The fraction of sp³-hybridized carbons (Fsp3) is 0.419. The largest absolute Gasteiger partial charge is 0.371 e. The van der Waals surface area contributed by atoms with Crippen LogP contribution in [0.3, 0.4) is 0 Å². The lowest BCUT2D eigenvalue weighted by Gasteiger charge is -2.25. The molecule has 0 aliphatic rings. The van der Waals surface area contributed by atoms with Crippen LogP contribution in [-0.2, 0) is 12.8 Å². The quantitative estimate of drug-likeness (QED) is 0.349. The van der Waals surface area contributed by atoms with Crippen molar-refractivity contribution in [3.8, 4) is 0 Å². The molecule has 0 unspecified atom stereocenters. The van der Waals surface area contributed by atoms with Crippen LogP contribution in [0.5, 0.6) is 0 Å². The molecule has 0 aromatic heterocycles. The Morgan fingerprint density at radius 2 is 0.765 bits per heavy atom. The highest BCUT2D eigenvalue weighted by molar-refractivity contribution is 5.23. The third kappa shape index (κ3) is 15.4. The zero-order valence-electron chi connectivity index (χ0n) is 22.4. The zero-order chi connectivity index (χ0) is 26.0. The van der Waals surface area contributed by atoms with Crippen LogP contribution in [0, 0.1) is 27.7 Å². The predicted molar refractivity (Wildman–Crippen MR) is 148 cm³/mol. The van der Waals surface area contributed by atoms with Gasteiger partial charge in [0, 0.05) is 5.54 Å². The van der Waals surface area contributed by atoms with Crippen LogP contribution in [0.15, 0.2) is 72.8 Å². The highest BCUT2D eigenvalue weighted by Gasteiger charge is 2.18. The van der Waals surface area contributed by atoms with Crippen LogP contribution in [0.1, 0.15) is 67.0 Å². The molecule has 0 aliphatic carbocycles. The lowest BCUT2D eigenvalue weighted by Crippen LogP contribution is -2.37. The van der Waals surface area contributed by atoms with E-state index in [9.17, 15) is 0 Å². The minimum atomic E-state index is -0.750. The molecule has 0 aliphatic heterocycles. The standard InChI is InChI=1S/C20H27N.C8H10.C2H6.CH4O2/c1-16-4-8-18(9-5-16)12-14-20(3,21)15-13-19-10-6-17(2)7-11-19;1-7-3-5-8(2)6-4-7;1-2;2-1-3/h4-11H,12-15,21H2,1-3H3;3-6H,1-2H3;1-2H3;2-3H,1H2. The van der Waals surface area contributed by atoms with Gasteiger partial charge in [-0.2, -0.15) is 0 Å². The summed E-state index contributed by atoms with van der Waals surface area (Å²) in [7, 11) is 0. The number of hydrogen-bond acceptors (Lipinski definition) is 3. The number of aryl methyl sites for hydroxylation is 6. The van der Waals surface area contributed by atoms with Gasteiger partial charge in [-0.15, -0.1) is 0 Å². The van der Waals surface area contributed by atoms with Gasteiger partial charge < -0.3 is 15.9 Å². The molecule has 4 N–H and O–H groups in total. The van der Waals surface area contributed by atoms with Gasteiger partial charge in [0.05, 0.1) is 0 Å². The molecule has 34 heavy (non-hydrogen) atoms. The van der Waals surface area contributed by atoms with Gasteiger partial charge in [0.15, 0.2) is 0 Å². The Morgan fingerprint density at radius 3 is 1.00 bits per heavy atom. The summed E-state index contributed by atoms with van der Waals surface area (Å²) in [6.07, 6.45) is 4.17. The molecule has 0 fully saturated rings. The Hall–Kier alpha value is -2.46. The average molecular weight is 466 g/mol. The van der Waals surface area contributed by atoms with Crippen molar-refractivity contribution in [2.75, 3.05) is 6.79 Å². The van der Waals surface area contributed by atoms with E-state index < -0.39 is 6.79 Å². The average Bonchev–Trinajstić information content (AvgIpc) is 2.83. The third-order valence-electron chi connectivity index (χ3n) is 5.43. The fourth-order valence-corrected chi connectivity index (χ4v) is 3.13. The Balaban J connectivity index is 0.000000692. The topological polar surface area (TPSA) is 66.5 Å². The van der Waals surface area contributed by atoms with Crippen LogP contribution < -0.4 is 5.73 Å². The molecule has 0 spiro atoms. The molecular formula is C31H47NO2. The van der Waals surface area contributed by atoms with E-state index in [-0.39, 0.29) is 5.54 Å². The van der Waals surface area contributed by atoms with Crippen LogP contribution >= 0.6 is 0 Å². The van der Waals surface area contributed by atoms with Gasteiger partial charge in [-0.05, 0) is 71.4 Å². The molecule has 3 nitrogen and oxygen atoms in total. The lowest BCUT2D eigenvalue weighted by molar-refractivity contribution is 0.0773. The number of aliphatic hydroxyl groups is 2. The fourth-order valence-electron chi connectivity index (χ4n) is 3.13. The Kier molecular flexibility index (Phi) is 16.6. The smallest absolute Gasteiger partial charge is 0.140 e. The Morgan fingerprint density at radius 1 is 0.559 bits per heavy atom. The molecule has 0 atom stereocenters. The van der Waals surface area contributed by atoms with Crippen LogP contribution in [0.25, 0.3) is 0 Å². The van der Waals surface area contributed by atoms with Gasteiger partial charge in [0.25, 0.3) is 0 Å². The predicted octanol–water partition coefficient (Wildman–Crippen LogP) is 6.84. The van der Waals surface area contributed by atoms with E-state index in [0.717, 1.165) is 25.7 Å². The zero-order valence-corrected chi connectivity index (χ0v) is 22.4. The summed E-state index contributed by atoms with van der Waals surface area (Å²) in [5.41, 5.74) is 14.4. The molecule has 0 radical (unpaired) electrons. The molecular weight excluding hydrogens is 418 g/mol. The molecule has 3 aromatic rings. The van der Waals surface area contributed by atoms with Gasteiger partial charge in [-0.3, -0.25) is 0 Å². The second-order valence-electron chi connectivity index (χ2n) is 8.92. The minimum absolute atomic E-state index is 0.101. The number of aliphatic hydroxyl groups excluding tert-OH is 1. The normalized spacial score (nSPS) is 10.1. The van der Waals surface area contributed by atoms with E-state index in [2.05, 4.69) is 107 Å². The molecule has 188 valence electrons. The van der Waals surface area contributed by atoms with E-state index in [4.69, 9.17) is 15.9 Å². The maximum atomic E-state index is 7.12. The summed E-state index contributed by atoms with van der Waals surface area (Å²) >= 11 is 0. The SMILES string of the molecule is CC.Cc1ccc(C)cc1.Cc1ccc(CCC(C)(N)CCc2ccc(C)cc2)cc1.OCO. The van der Waals surface area contributed by atoms with E-state index >= 15 is 0 Å². The minimum Gasteiger partial charge on any atom is -0.371 e. The second-order valence-corrected chi connectivity index (χ2v) is 8.92. The second kappa shape index (κ2) is 17.9.